The zero-order valence-electron chi connectivity index (χ0n) is 6.17. The van der Waals surface area contributed by atoms with Gasteiger partial charge in [0.1, 0.15) is 6.61 Å². The fourth-order valence-electron chi connectivity index (χ4n) is 0.846. The first-order chi connectivity index (χ1) is 5.34. The van der Waals surface area contributed by atoms with E-state index < -0.39 is 0 Å². The van der Waals surface area contributed by atoms with Crippen LogP contribution in [0.3, 0.4) is 0 Å². The highest BCUT2D eigenvalue weighted by atomic mass is 16.7. The van der Waals surface area contributed by atoms with Gasteiger partial charge >= 0.3 is 6.03 Å². The largest absolute Gasteiger partial charge is 0.341 e. The smallest absolute Gasteiger partial charge is 0.336 e. The van der Waals surface area contributed by atoms with Crippen molar-refractivity contribution < 1.29 is 9.63 Å². The van der Waals surface area contributed by atoms with Gasteiger partial charge in [-0.2, -0.15) is 0 Å². The average Bonchev–Trinajstić information content (AvgIpc) is 2.03. The summed E-state index contributed by atoms with van der Waals surface area (Å²) >= 11 is 0. The number of nitrogens with zero attached hydrogens (tertiary/aromatic N) is 1. The lowest BCUT2D eigenvalue weighted by Gasteiger charge is -2.25. The summed E-state index contributed by atoms with van der Waals surface area (Å²) in [7, 11) is 0. The minimum Gasteiger partial charge on any atom is -0.336 e. The molecule has 1 heterocycles. The fourth-order valence-corrected chi connectivity index (χ4v) is 0.846. The predicted molar refractivity (Wildman–Crippen MR) is 39.5 cm³/mol. The van der Waals surface area contributed by atoms with Crippen molar-refractivity contribution in [1.29, 1.82) is 0 Å². The molecule has 4 heteroatoms. The Balaban J connectivity index is 2.31. The van der Waals surface area contributed by atoms with E-state index in [0.717, 1.165) is 13.0 Å². The van der Waals surface area contributed by atoms with Gasteiger partial charge in [-0.05, 0) is 6.42 Å². The summed E-state index contributed by atoms with van der Waals surface area (Å²) in [6.07, 6.45) is 5.86. The van der Waals surface area contributed by atoms with Gasteiger partial charge in [0, 0.05) is 6.54 Å². The van der Waals surface area contributed by atoms with Crippen molar-refractivity contribution in [3.63, 3.8) is 0 Å². The SMILES string of the molecule is C#CCON1CCCNC1=O. The van der Waals surface area contributed by atoms with Gasteiger partial charge in [0.05, 0.1) is 6.54 Å². The second-order valence-electron chi connectivity index (χ2n) is 2.17. The highest BCUT2D eigenvalue weighted by molar-refractivity contribution is 5.73. The van der Waals surface area contributed by atoms with Crippen LogP contribution in [0.4, 0.5) is 4.79 Å². The number of rotatable bonds is 2. The van der Waals surface area contributed by atoms with Crippen molar-refractivity contribution in [2.75, 3.05) is 19.7 Å². The molecule has 0 aromatic rings. The summed E-state index contributed by atoms with van der Waals surface area (Å²) in [6, 6.07) is -0.202. The molecule has 0 atom stereocenters. The van der Waals surface area contributed by atoms with E-state index >= 15 is 0 Å². The van der Waals surface area contributed by atoms with Gasteiger partial charge in [0.2, 0.25) is 0 Å². The molecule has 11 heavy (non-hydrogen) atoms. The zero-order chi connectivity index (χ0) is 8.10. The van der Waals surface area contributed by atoms with Crippen molar-refractivity contribution >= 4 is 6.03 Å². The molecule has 4 nitrogen and oxygen atoms in total. The lowest BCUT2D eigenvalue weighted by atomic mass is 10.4. The number of carbonyl (C=O) groups is 1. The van der Waals surface area contributed by atoms with E-state index in [-0.39, 0.29) is 12.6 Å². The molecule has 1 fully saturated rings. The second kappa shape index (κ2) is 3.84. The molecule has 1 N–H and O–H groups in total. The quantitative estimate of drug-likeness (QED) is 0.567. The third-order valence-corrected chi connectivity index (χ3v) is 1.34. The molecule has 1 aliphatic heterocycles. The molecule has 1 aliphatic rings. The van der Waals surface area contributed by atoms with E-state index in [2.05, 4.69) is 11.2 Å². The highest BCUT2D eigenvalue weighted by Gasteiger charge is 2.17. The molecule has 0 aromatic heterocycles. The van der Waals surface area contributed by atoms with Crippen LogP contribution in [0, 0.1) is 12.3 Å². The number of nitrogens with one attached hydrogen (secondary N) is 1. The molecule has 0 aromatic carbocycles. The number of hydrogen-bond acceptors (Lipinski definition) is 2. The minimum absolute atomic E-state index is 0.146. The van der Waals surface area contributed by atoms with E-state index in [4.69, 9.17) is 11.3 Å². The van der Waals surface area contributed by atoms with Crippen LogP contribution in [0.5, 0.6) is 0 Å². The topological polar surface area (TPSA) is 41.6 Å². The predicted octanol–water partition coefficient (Wildman–Crippen LogP) is -0.0335. The summed E-state index contributed by atoms with van der Waals surface area (Å²) in [5.74, 6) is 2.29. The number of amides is 2. The average molecular weight is 154 g/mol. The molecule has 0 saturated carbocycles. The van der Waals surface area contributed by atoms with Crippen LogP contribution >= 0.6 is 0 Å². The van der Waals surface area contributed by atoms with Crippen molar-refractivity contribution in [2.24, 2.45) is 0 Å². The molecule has 0 spiro atoms. The number of terminal acetylenes is 1. The van der Waals surface area contributed by atoms with Crippen LogP contribution in [0.1, 0.15) is 6.42 Å². The van der Waals surface area contributed by atoms with Crippen LogP contribution in [0.25, 0.3) is 0 Å². The maximum atomic E-state index is 10.9. The van der Waals surface area contributed by atoms with Gasteiger partial charge in [-0.1, -0.05) is 5.92 Å². The van der Waals surface area contributed by atoms with Crippen LogP contribution < -0.4 is 5.32 Å². The maximum absolute atomic E-state index is 10.9. The molecule has 0 aliphatic carbocycles. The van der Waals surface area contributed by atoms with Crippen LogP contribution in [0.15, 0.2) is 0 Å². The number of hydrogen-bond donors (Lipinski definition) is 1. The Morgan fingerprint density at radius 1 is 1.82 bits per heavy atom. The Bertz CT molecular complexity index is 185. The van der Waals surface area contributed by atoms with Crippen LogP contribution in [0.2, 0.25) is 0 Å². The van der Waals surface area contributed by atoms with E-state index in [0.29, 0.717) is 6.54 Å². The molecular weight excluding hydrogens is 144 g/mol. The van der Waals surface area contributed by atoms with E-state index in [1.54, 1.807) is 0 Å². The third-order valence-electron chi connectivity index (χ3n) is 1.34. The Kier molecular flexibility index (Phi) is 2.75. The molecular formula is C7H10N2O2. The molecule has 2 amide bonds. The summed E-state index contributed by atoms with van der Waals surface area (Å²) in [5, 5.41) is 3.89. The molecule has 1 rings (SSSR count). The second-order valence-corrected chi connectivity index (χ2v) is 2.17. The van der Waals surface area contributed by atoms with E-state index in [1.165, 1.54) is 5.06 Å². The van der Waals surface area contributed by atoms with Gasteiger partial charge in [-0.15, -0.1) is 6.42 Å². The first-order valence-corrected chi connectivity index (χ1v) is 3.46. The summed E-state index contributed by atoms with van der Waals surface area (Å²) < 4.78 is 0. The zero-order valence-corrected chi connectivity index (χ0v) is 6.17. The van der Waals surface area contributed by atoms with Gasteiger partial charge in [0.25, 0.3) is 0 Å². The van der Waals surface area contributed by atoms with Gasteiger partial charge in [-0.25, -0.2) is 9.86 Å². The lowest BCUT2D eigenvalue weighted by Crippen LogP contribution is -2.46. The number of carbonyl (C=O) groups excluding carboxylic acids is 1. The Morgan fingerprint density at radius 2 is 2.64 bits per heavy atom. The summed E-state index contributed by atoms with van der Waals surface area (Å²) in [4.78, 5) is 15.9. The third kappa shape index (κ3) is 2.13. The fraction of sp³-hybridized carbons (Fsp3) is 0.571. The van der Waals surface area contributed by atoms with Gasteiger partial charge < -0.3 is 5.32 Å². The first kappa shape index (κ1) is 7.89. The molecule has 1 saturated heterocycles. The van der Waals surface area contributed by atoms with E-state index in [1.807, 2.05) is 0 Å². The normalized spacial score (nSPS) is 17.4. The molecule has 0 unspecified atom stereocenters. The molecule has 0 radical (unpaired) electrons. The summed E-state index contributed by atoms with van der Waals surface area (Å²) in [6.45, 7) is 1.48. The minimum atomic E-state index is -0.202. The van der Waals surface area contributed by atoms with Crippen LogP contribution in [-0.2, 0) is 4.84 Å². The highest BCUT2D eigenvalue weighted by Crippen LogP contribution is 1.98. The van der Waals surface area contributed by atoms with Crippen molar-refractivity contribution in [3.05, 3.63) is 0 Å². The first-order valence-electron chi connectivity index (χ1n) is 3.46. The standard InChI is InChI=1S/C7H10N2O2/c1-2-6-11-9-5-3-4-8-7(9)10/h1H,3-6H2,(H,8,10). The number of hydroxylamine groups is 2. The summed E-state index contributed by atoms with van der Waals surface area (Å²) in [5.41, 5.74) is 0. The Hall–Kier alpha value is -1.21. The molecule has 60 valence electrons. The van der Waals surface area contributed by atoms with Crippen molar-refractivity contribution in [1.82, 2.24) is 10.4 Å². The maximum Gasteiger partial charge on any atom is 0.341 e. The Labute approximate surface area is 65.5 Å². The monoisotopic (exact) mass is 154 g/mol. The van der Waals surface area contributed by atoms with Crippen molar-refractivity contribution in [2.45, 2.75) is 6.42 Å². The van der Waals surface area contributed by atoms with Gasteiger partial charge in [0.15, 0.2) is 0 Å². The van der Waals surface area contributed by atoms with Crippen LogP contribution in [-0.4, -0.2) is 30.8 Å². The Morgan fingerprint density at radius 3 is 3.27 bits per heavy atom. The van der Waals surface area contributed by atoms with Gasteiger partial charge in [-0.3, -0.25) is 4.84 Å². The number of urea groups is 1. The van der Waals surface area contributed by atoms with Crippen molar-refractivity contribution in [3.8, 4) is 12.3 Å². The lowest BCUT2D eigenvalue weighted by molar-refractivity contribution is -0.108. The van der Waals surface area contributed by atoms with E-state index in [9.17, 15) is 4.79 Å². The molecule has 0 bridgehead atoms.